The summed E-state index contributed by atoms with van der Waals surface area (Å²) in [5.41, 5.74) is 0. The monoisotopic (exact) mass is 217 g/mol. The van der Waals surface area contributed by atoms with Crippen LogP contribution in [-0.4, -0.2) is 43.8 Å². The van der Waals surface area contributed by atoms with Gasteiger partial charge in [0.1, 0.15) is 11.7 Å². The van der Waals surface area contributed by atoms with E-state index in [4.69, 9.17) is 0 Å². The van der Waals surface area contributed by atoms with Gasteiger partial charge in [0.25, 0.3) is 0 Å². The van der Waals surface area contributed by atoms with Crippen molar-refractivity contribution in [2.75, 3.05) is 12.8 Å². The summed E-state index contributed by atoms with van der Waals surface area (Å²) in [4.78, 5) is 12.7. The summed E-state index contributed by atoms with van der Waals surface area (Å²) in [6.45, 7) is 1.97. The lowest BCUT2D eigenvalue weighted by molar-refractivity contribution is -0.115. The molecule has 4 unspecified atom stereocenters. The summed E-state index contributed by atoms with van der Waals surface area (Å²) >= 11 is 0. The van der Waals surface area contributed by atoms with Crippen LogP contribution in [0.15, 0.2) is 0 Å². The summed E-state index contributed by atoms with van der Waals surface area (Å²) < 4.78 is 23.4. The highest BCUT2D eigenvalue weighted by molar-refractivity contribution is 7.92. The van der Waals surface area contributed by atoms with E-state index in [-0.39, 0.29) is 29.0 Å². The molecular formula is C9H15NO3S. The Balaban J connectivity index is 2.39. The Morgan fingerprint density at radius 3 is 2.64 bits per heavy atom. The topological polar surface area (TPSA) is 54.5 Å². The molecule has 0 N–H and O–H groups in total. The lowest BCUT2D eigenvalue weighted by Crippen LogP contribution is -2.47. The highest BCUT2D eigenvalue weighted by Gasteiger charge is 2.52. The molecule has 5 heteroatoms. The molecule has 2 heterocycles. The number of rotatable bonds is 1. The van der Waals surface area contributed by atoms with Gasteiger partial charge >= 0.3 is 0 Å². The third kappa shape index (κ3) is 1.22. The van der Waals surface area contributed by atoms with E-state index in [0.29, 0.717) is 6.42 Å². The van der Waals surface area contributed by atoms with Gasteiger partial charge in [-0.15, -0.1) is 0 Å². The van der Waals surface area contributed by atoms with Gasteiger partial charge in [-0.2, -0.15) is 0 Å². The second-order valence-corrected chi connectivity index (χ2v) is 6.65. The van der Waals surface area contributed by atoms with Crippen LogP contribution in [0.2, 0.25) is 0 Å². The number of nitrogens with zero attached hydrogens (tertiary/aromatic N) is 1. The van der Waals surface area contributed by atoms with E-state index in [1.165, 1.54) is 0 Å². The lowest BCUT2D eigenvalue weighted by atomic mass is 9.83. The number of fused-ring (bicyclic) bond motifs is 2. The molecule has 0 aromatic heterocycles. The minimum atomic E-state index is -2.98. The summed E-state index contributed by atoms with van der Waals surface area (Å²) in [5, 5.41) is -0.348. The molecule has 4 nitrogen and oxygen atoms in total. The van der Waals surface area contributed by atoms with Gasteiger partial charge in [-0.1, -0.05) is 6.92 Å². The van der Waals surface area contributed by atoms with Crippen molar-refractivity contribution >= 4 is 16.1 Å². The predicted molar refractivity (Wildman–Crippen MR) is 52.5 cm³/mol. The van der Waals surface area contributed by atoms with Crippen LogP contribution >= 0.6 is 0 Å². The fraction of sp³-hybridized carbons (Fsp3) is 0.889. The van der Waals surface area contributed by atoms with Crippen LogP contribution in [0.4, 0.5) is 0 Å². The van der Waals surface area contributed by atoms with Crippen LogP contribution in [0, 0.1) is 11.8 Å². The van der Waals surface area contributed by atoms with Crippen molar-refractivity contribution in [3.8, 4) is 0 Å². The second-order valence-electron chi connectivity index (χ2n) is 4.44. The molecular weight excluding hydrogens is 202 g/mol. The molecule has 0 amide bonds. The molecule has 4 atom stereocenters. The molecule has 2 aliphatic heterocycles. The smallest absolute Gasteiger partial charge is 0.167 e. The van der Waals surface area contributed by atoms with E-state index < -0.39 is 9.84 Å². The van der Waals surface area contributed by atoms with Gasteiger partial charge < -0.3 is 4.79 Å². The van der Waals surface area contributed by atoms with Gasteiger partial charge in [0.2, 0.25) is 0 Å². The standard InChI is InChI=1S/C9H15NO3S/c1-6-3-9-10(2)8(7(6)4-11)5-14(9,12)13/h4,6-9H,3,5H2,1-2H3. The average molecular weight is 217 g/mol. The number of aldehydes is 1. The third-order valence-corrected chi connectivity index (χ3v) is 5.79. The van der Waals surface area contributed by atoms with E-state index in [9.17, 15) is 13.2 Å². The first-order chi connectivity index (χ1) is 6.47. The van der Waals surface area contributed by atoms with Crippen molar-refractivity contribution in [3.63, 3.8) is 0 Å². The van der Waals surface area contributed by atoms with Crippen molar-refractivity contribution in [2.24, 2.45) is 11.8 Å². The maximum atomic E-state index is 11.7. The van der Waals surface area contributed by atoms with Crippen LogP contribution in [0.3, 0.4) is 0 Å². The maximum Gasteiger partial charge on any atom is 0.167 e. The van der Waals surface area contributed by atoms with Gasteiger partial charge in [-0.05, 0) is 19.4 Å². The third-order valence-electron chi connectivity index (χ3n) is 3.63. The number of carbonyl (C=O) groups is 1. The molecule has 2 bridgehead atoms. The highest BCUT2D eigenvalue weighted by atomic mass is 32.2. The Bertz CT molecular complexity index is 351. The van der Waals surface area contributed by atoms with Gasteiger partial charge in [-0.25, -0.2) is 8.42 Å². The number of sulfone groups is 1. The Morgan fingerprint density at radius 2 is 2.07 bits per heavy atom. The minimum Gasteiger partial charge on any atom is -0.303 e. The first-order valence-electron chi connectivity index (χ1n) is 4.86. The molecule has 80 valence electrons. The number of carbonyl (C=O) groups excluding carboxylic acids is 1. The summed E-state index contributed by atoms with van der Waals surface area (Å²) in [7, 11) is -1.17. The van der Waals surface area contributed by atoms with Crippen LogP contribution in [0.1, 0.15) is 13.3 Å². The summed E-state index contributed by atoms with van der Waals surface area (Å²) in [5.74, 6) is 0.228. The SMILES string of the molecule is CC1CC2N(C)C(CS2(=O)=O)C1C=O. The minimum absolute atomic E-state index is 0.0914. The largest absolute Gasteiger partial charge is 0.303 e. The molecule has 0 aliphatic carbocycles. The zero-order valence-corrected chi connectivity index (χ0v) is 9.20. The van der Waals surface area contributed by atoms with Crippen molar-refractivity contribution in [1.29, 1.82) is 0 Å². The first kappa shape index (κ1) is 10.1. The molecule has 2 rings (SSSR count). The Kier molecular flexibility index (Phi) is 2.19. The second kappa shape index (κ2) is 3.03. The van der Waals surface area contributed by atoms with Gasteiger partial charge in [0, 0.05) is 12.0 Å². The quantitative estimate of drug-likeness (QED) is 0.575. The van der Waals surface area contributed by atoms with Gasteiger partial charge in [0.05, 0.1) is 5.75 Å². The van der Waals surface area contributed by atoms with E-state index >= 15 is 0 Å². The molecule has 2 aliphatic rings. The number of piperidine rings is 1. The molecule has 0 spiro atoms. The van der Waals surface area contributed by atoms with Crippen molar-refractivity contribution < 1.29 is 13.2 Å². The van der Waals surface area contributed by atoms with Crippen LogP contribution in [-0.2, 0) is 14.6 Å². The Hall–Kier alpha value is -0.420. The molecule has 0 aromatic carbocycles. The van der Waals surface area contributed by atoms with Gasteiger partial charge in [0.15, 0.2) is 9.84 Å². The maximum absolute atomic E-state index is 11.7. The predicted octanol–water partition coefficient (Wildman–Crippen LogP) is -0.104. The van der Waals surface area contributed by atoms with E-state index in [1.807, 2.05) is 18.9 Å². The number of hydrogen-bond donors (Lipinski definition) is 0. The van der Waals surface area contributed by atoms with E-state index in [2.05, 4.69) is 0 Å². The van der Waals surface area contributed by atoms with Crippen molar-refractivity contribution in [3.05, 3.63) is 0 Å². The number of hydrogen-bond acceptors (Lipinski definition) is 4. The first-order valence-corrected chi connectivity index (χ1v) is 6.57. The fourth-order valence-electron chi connectivity index (χ4n) is 2.71. The molecule has 2 fully saturated rings. The molecule has 2 saturated heterocycles. The van der Waals surface area contributed by atoms with Crippen molar-refractivity contribution in [2.45, 2.75) is 24.8 Å². The molecule has 0 radical (unpaired) electrons. The molecule has 14 heavy (non-hydrogen) atoms. The zero-order valence-electron chi connectivity index (χ0n) is 8.38. The van der Waals surface area contributed by atoms with E-state index in [0.717, 1.165) is 6.29 Å². The van der Waals surface area contributed by atoms with Crippen LogP contribution in [0.25, 0.3) is 0 Å². The van der Waals surface area contributed by atoms with Crippen LogP contribution < -0.4 is 0 Å². The highest BCUT2D eigenvalue weighted by Crippen LogP contribution is 2.39. The van der Waals surface area contributed by atoms with Crippen LogP contribution in [0.5, 0.6) is 0 Å². The Labute approximate surface area is 84.2 Å². The molecule has 0 aromatic rings. The fourth-order valence-corrected chi connectivity index (χ4v) is 5.12. The summed E-state index contributed by atoms with van der Waals surface area (Å²) in [6.07, 6.45) is 1.52. The zero-order chi connectivity index (χ0) is 10.5. The van der Waals surface area contributed by atoms with Crippen molar-refractivity contribution in [1.82, 2.24) is 4.90 Å². The summed E-state index contributed by atoms with van der Waals surface area (Å²) in [6, 6.07) is -0.0914. The molecule has 0 saturated carbocycles. The normalized spacial score (nSPS) is 46.4. The Morgan fingerprint density at radius 1 is 1.43 bits per heavy atom. The lowest BCUT2D eigenvalue weighted by Gasteiger charge is -2.37. The average Bonchev–Trinajstić information content (AvgIpc) is 2.27. The van der Waals surface area contributed by atoms with Gasteiger partial charge in [-0.3, -0.25) is 4.90 Å². The van der Waals surface area contributed by atoms with E-state index in [1.54, 1.807) is 0 Å².